The van der Waals surface area contributed by atoms with Crippen LogP contribution in [0.15, 0.2) is 12.3 Å². The molecular weight excluding hydrogens is 194 g/mol. The van der Waals surface area contributed by atoms with E-state index in [1.54, 1.807) is 6.20 Å². The maximum Gasteiger partial charge on any atom is 0.239 e. The van der Waals surface area contributed by atoms with Crippen molar-refractivity contribution in [3.8, 4) is 0 Å². The second-order valence-corrected chi connectivity index (χ2v) is 3.90. The van der Waals surface area contributed by atoms with Crippen molar-refractivity contribution < 1.29 is 4.74 Å². The van der Waals surface area contributed by atoms with Crippen molar-refractivity contribution in [1.82, 2.24) is 9.97 Å². The number of hydrogen-bond acceptors (Lipinski definition) is 6. The molecule has 1 aliphatic rings. The van der Waals surface area contributed by atoms with E-state index < -0.39 is 0 Å². The number of rotatable bonds is 3. The first-order valence-corrected chi connectivity index (χ1v) is 4.87. The summed E-state index contributed by atoms with van der Waals surface area (Å²) in [5, 5.41) is 3.32. The van der Waals surface area contributed by atoms with Crippen molar-refractivity contribution in [2.24, 2.45) is 5.84 Å². The van der Waals surface area contributed by atoms with Gasteiger partial charge in [0.25, 0.3) is 0 Å². The van der Waals surface area contributed by atoms with Crippen molar-refractivity contribution in [1.29, 1.82) is 0 Å². The molecule has 2 rings (SSSR count). The first-order chi connectivity index (χ1) is 7.22. The van der Waals surface area contributed by atoms with Crippen molar-refractivity contribution in [2.75, 3.05) is 24.0 Å². The van der Waals surface area contributed by atoms with Gasteiger partial charge in [-0.1, -0.05) is 0 Å². The van der Waals surface area contributed by atoms with Gasteiger partial charge in [0.15, 0.2) is 0 Å². The number of nitrogens with zero attached hydrogens (tertiary/aromatic N) is 2. The quantitative estimate of drug-likeness (QED) is 0.492. The first-order valence-electron chi connectivity index (χ1n) is 4.87. The molecule has 1 aromatic heterocycles. The average molecular weight is 209 g/mol. The number of anilines is 2. The summed E-state index contributed by atoms with van der Waals surface area (Å²) in [6.45, 7) is 3.59. The van der Waals surface area contributed by atoms with Gasteiger partial charge in [0.1, 0.15) is 5.82 Å². The third kappa shape index (κ3) is 2.34. The number of hydrogen-bond donors (Lipinski definition) is 3. The largest absolute Gasteiger partial charge is 0.379 e. The lowest BCUT2D eigenvalue weighted by molar-refractivity contribution is 0.185. The van der Waals surface area contributed by atoms with E-state index >= 15 is 0 Å². The van der Waals surface area contributed by atoms with Crippen molar-refractivity contribution >= 4 is 11.8 Å². The van der Waals surface area contributed by atoms with Gasteiger partial charge >= 0.3 is 0 Å². The van der Waals surface area contributed by atoms with Gasteiger partial charge in [-0.25, -0.2) is 10.8 Å². The molecule has 0 amide bonds. The van der Waals surface area contributed by atoms with Gasteiger partial charge in [-0.2, -0.15) is 4.98 Å². The summed E-state index contributed by atoms with van der Waals surface area (Å²) in [7, 11) is 0. The van der Waals surface area contributed by atoms with E-state index in [2.05, 4.69) is 27.6 Å². The molecule has 4 N–H and O–H groups in total. The molecule has 6 heteroatoms. The highest BCUT2D eigenvalue weighted by atomic mass is 16.5. The van der Waals surface area contributed by atoms with E-state index in [0.29, 0.717) is 12.6 Å². The minimum atomic E-state index is -0.0414. The van der Waals surface area contributed by atoms with Gasteiger partial charge in [0.2, 0.25) is 5.95 Å². The molecule has 1 saturated heterocycles. The van der Waals surface area contributed by atoms with Crippen LogP contribution in [0.2, 0.25) is 0 Å². The lowest BCUT2D eigenvalue weighted by Gasteiger charge is -2.24. The molecule has 0 aliphatic carbocycles. The van der Waals surface area contributed by atoms with Crippen LogP contribution in [0.5, 0.6) is 0 Å². The fourth-order valence-electron chi connectivity index (χ4n) is 1.57. The van der Waals surface area contributed by atoms with Crippen molar-refractivity contribution in [2.45, 2.75) is 18.9 Å². The van der Waals surface area contributed by atoms with Crippen LogP contribution >= 0.6 is 0 Å². The summed E-state index contributed by atoms with van der Waals surface area (Å²) in [4.78, 5) is 8.12. The average Bonchev–Trinajstić information content (AvgIpc) is 2.65. The fourth-order valence-corrected chi connectivity index (χ4v) is 1.57. The predicted octanol–water partition coefficient (Wildman–Crippen LogP) is 0.353. The highest BCUT2D eigenvalue weighted by molar-refractivity contribution is 5.41. The fraction of sp³-hybridized carbons (Fsp3) is 0.556. The van der Waals surface area contributed by atoms with Gasteiger partial charge in [0.05, 0.1) is 12.1 Å². The van der Waals surface area contributed by atoms with Crippen LogP contribution < -0.4 is 16.6 Å². The van der Waals surface area contributed by atoms with E-state index in [0.717, 1.165) is 18.8 Å². The highest BCUT2D eigenvalue weighted by Gasteiger charge is 2.29. The number of nitrogens with one attached hydrogen (secondary N) is 2. The van der Waals surface area contributed by atoms with Crippen molar-refractivity contribution in [3.05, 3.63) is 12.3 Å². The Morgan fingerprint density at radius 1 is 1.60 bits per heavy atom. The summed E-state index contributed by atoms with van der Waals surface area (Å²) >= 11 is 0. The smallest absolute Gasteiger partial charge is 0.239 e. The third-order valence-electron chi connectivity index (χ3n) is 2.43. The zero-order chi connectivity index (χ0) is 10.7. The summed E-state index contributed by atoms with van der Waals surface area (Å²) in [6, 6.07) is 1.81. The number of nitrogen functional groups attached to an aromatic ring is 1. The Hall–Kier alpha value is -1.40. The molecule has 1 fully saturated rings. The van der Waals surface area contributed by atoms with Gasteiger partial charge in [-0.15, -0.1) is 0 Å². The lowest BCUT2D eigenvalue weighted by atomic mass is 10.0. The third-order valence-corrected chi connectivity index (χ3v) is 2.43. The molecule has 0 radical (unpaired) electrons. The van der Waals surface area contributed by atoms with Crippen molar-refractivity contribution in [3.63, 3.8) is 0 Å². The second-order valence-electron chi connectivity index (χ2n) is 3.90. The summed E-state index contributed by atoms with van der Waals surface area (Å²) in [5.74, 6) is 6.39. The van der Waals surface area contributed by atoms with E-state index in [9.17, 15) is 0 Å². The molecule has 0 bridgehead atoms. The van der Waals surface area contributed by atoms with Gasteiger partial charge in [-0.05, 0) is 19.4 Å². The molecule has 0 saturated carbocycles. The number of nitrogens with two attached hydrogens (primary N) is 1. The molecule has 2 heterocycles. The zero-order valence-corrected chi connectivity index (χ0v) is 8.66. The van der Waals surface area contributed by atoms with Gasteiger partial charge < -0.3 is 10.1 Å². The molecule has 1 unspecified atom stereocenters. The normalized spacial score (nSPS) is 25.2. The summed E-state index contributed by atoms with van der Waals surface area (Å²) < 4.78 is 5.34. The number of hydrazine groups is 1. The number of ether oxygens (including phenoxy) is 1. The Morgan fingerprint density at radius 2 is 2.47 bits per heavy atom. The Kier molecular flexibility index (Phi) is 2.70. The Balaban J connectivity index is 2.09. The Bertz CT molecular complexity index is 337. The van der Waals surface area contributed by atoms with E-state index in [4.69, 9.17) is 10.6 Å². The molecule has 15 heavy (non-hydrogen) atoms. The molecule has 1 aliphatic heterocycles. The van der Waals surface area contributed by atoms with Crippen LogP contribution in [-0.4, -0.2) is 28.7 Å². The zero-order valence-electron chi connectivity index (χ0n) is 8.66. The Morgan fingerprint density at radius 3 is 3.13 bits per heavy atom. The monoisotopic (exact) mass is 209 g/mol. The molecule has 1 aromatic rings. The first kappa shape index (κ1) is 10.1. The summed E-state index contributed by atoms with van der Waals surface area (Å²) in [6.07, 6.45) is 2.63. The molecule has 1 atom stereocenters. The van der Waals surface area contributed by atoms with Crippen LogP contribution in [0.1, 0.15) is 13.3 Å². The molecule has 0 aromatic carbocycles. The maximum absolute atomic E-state index is 5.34. The minimum Gasteiger partial charge on any atom is -0.379 e. The lowest BCUT2D eigenvalue weighted by Crippen LogP contribution is -2.35. The minimum absolute atomic E-state index is 0.0414. The van der Waals surface area contributed by atoms with Gasteiger partial charge in [-0.3, -0.25) is 5.43 Å². The van der Waals surface area contributed by atoms with Crippen LogP contribution in [0.25, 0.3) is 0 Å². The topological polar surface area (TPSA) is 85.1 Å². The standard InChI is InChI=1S/C9H15N5O/c1-9(3-5-15-6-9)13-7-2-4-11-8(12-7)14-10/h2,4H,3,5-6,10H2,1H3,(H2,11,12,13,14). The SMILES string of the molecule is CC1(Nc2ccnc(NN)n2)CCOC1. The molecule has 0 spiro atoms. The highest BCUT2D eigenvalue weighted by Crippen LogP contribution is 2.22. The summed E-state index contributed by atoms with van der Waals surface area (Å²) in [5.41, 5.74) is 2.37. The van der Waals surface area contributed by atoms with Crippen LogP contribution in [0.4, 0.5) is 11.8 Å². The van der Waals surface area contributed by atoms with Crippen LogP contribution in [-0.2, 0) is 4.74 Å². The van der Waals surface area contributed by atoms with E-state index in [-0.39, 0.29) is 5.54 Å². The molecule has 82 valence electrons. The van der Waals surface area contributed by atoms with Crippen LogP contribution in [0, 0.1) is 0 Å². The van der Waals surface area contributed by atoms with E-state index in [1.165, 1.54) is 0 Å². The maximum atomic E-state index is 5.34. The second kappa shape index (κ2) is 4.00. The predicted molar refractivity (Wildman–Crippen MR) is 57.3 cm³/mol. The Labute approximate surface area is 88.2 Å². The van der Waals surface area contributed by atoms with Gasteiger partial charge in [0, 0.05) is 12.8 Å². The van der Waals surface area contributed by atoms with E-state index in [1.807, 2.05) is 6.07 Å². The molecule has 6 nitrogen and oxygen atoms in total. The molecular formula is C9H15N5O. The number of aromatic nitrogens is 2. The van der Waals surface area contributed by atoms with Crippen LogP contribution in [0.3, 0.4) is 0 Å².